The summed E-state index contributed by atoms with van der Waals surface area (Å²) in [7, 11) is -3.99. The van der Waals surface area contributed by atoms with Gasteiger partial charge in [-0.1, -0.05) is 12.1 Å². The number of sulfonamides is 1. The number of fused-ring (bicyclic) bond motifs is 1. The Balaban J connectivity index is 1.86. The molecule has 0 saturated heterocycles. The summed E-state index contributed by atoms with van der Waals surface area (Å²) in [5.41, 5.74) is 5.12. The number of rotatable bonds is 6. The van der Waals surface area contributed by atoms with Crippen LogP contribution in [0.5, 0.6) is 11.5 Å². The number of anilines is 1. The minimum absolute atomic E-state index is 0.0425. The predicted molar refractivity (Wildman–Crippen MR) is 96.2 cm³/mol. The van der Waals surface area contributed by atoms with Crippen LogP contribution in [0, 0.1) is 0 Å². The Morgan fingerprint density at radius 2 is 1.74 bits per heavy atom. The average Bonchev–Trinajstić information content (AvgIpc) is 2.66. The lowest BCUT2D eigenvalue weighted by Crippen LogP contribution is -2.33. The van der Waals surface area contributed by atoms with E-state index in [0.717, 1.165) is 0 Å². The van der Waals surface area contributed by atoms with E-state index in [9.17, 15) is 18.0 Å². The number of amides is 2. The van der Waals surface area contributed by atoms with Crippen LogP contribution in [0.3, 0.4) is 0 Å². The number of hydrogen-bond acceptors (Lipinski definition) is 6. The van der Waals surface area contributed by atoms with Crippen LogP contribution in [0.2, 0.25) is 0 Å². The van der Waals surface area contributed by atoms with Crippen molar-refractivity contribution in [2.45, 2.75) is 4.90 Å². The average molecular weight is 391 g/mol. The minimum Gasteiger partial charge on any atom is -0.486 e. The third-order valence-corrected chi connectivity index (χ3v) is 5.03. The molecule has 27 heavy (non-hydrogen) atoms. The van der Waals surface area contributed by atoms with Crippen molar-refractivity contribution in [2.24, 2.45) is 5.73 Å². The predicted octanol–water partition coefficient (Wildman–Crippen LogP) is 0.474. The van der Waals surface area contributed by atoms with Crippen LogP contribution in [0.1, 0.15) is 10.4 Å². The number of nitrogens with two attached hydrogens (primary N) is 1. The van der Waals surface area contributed by atoms with Gasteiger partial charge in [0, 0.05) is 6.07 Å². The Morgan fingerprint density at radius 3 is 2.48 bits per heavy atom. The van der Waals surface area contributed by atoms with Crippen LogP contribution in [-0.4, -0.2) is 40.0 Å². The molecule has 0 spiro atoms. The maximum absolute atomic E-state index is 12.7. The van der Waals surface area contributed by atoms with Gasteiger partial charge in [0.15, 0.2) is 11.5 Å². The van der Waals surface area contributed by atoms with Gasteiger partial charge in [0.2, 0.25) is 5.91 Å². The zero-order valence-electron chi connectivity index (χ0n) is 14.1. The maximum atomic E-state index is 12.7. The Morgan fingerprint density at radius 1 is 1.04 bits per heavy atom. The number of ether oxygens (including phenoxy) is 2. The molecule has 10 heteroatoms. The molecule has 0 radical (unpaired) electrons. The number of benzene rings is 2. The van der Waals surface area contributed by atoms with Crippen LogP contribution < -0.4 is 25.2 Å². The van der Waals surface area contributed by atoms with E-state index in [1.54, 1.807) is 12.1 Å². The summed E-state index contributed by atoms with van der Waals surface area (Å²) < 4.78 is 38.6. The fourth-order valence-corrected chi connectivity index (χ4v) is 3.52. The van der Waals surface area contributed by atoms with Gasteiger partial charge in [-0.25, -0.2) is 8.42 Å². The van der Waals surface area contributed by atoms with Gasteiger partial charge >= 0.3 is 0 Å². The molecule has 2 aromatic rings. The van der Waals surface area contributed by atoms with Crippen molar-refractivity contribution < 1.29 is 27.5 Å². The fourth-order valence-electron chi connectivity index (χ4n) is 2.43. The van der Waals surface area contributed by atoms with Crippen LogP contribution >= 0.6 is 0 Å². The van der Waals surface area contributed by atoms with E-state index in [1.807, 2.05) is 0 Å². The van der Waals surface area contributed by atoms with E-state index in [-0.39, 0.29) is 22.7 Å². The fraction of sp³-hybridized carbons (Fsp3) is 0.176. The van der Waals surface area contributed by atoms with Gasteiger partial charge in [-0.2, -0.15) is 0 Å². The van der Waals surface area contributed by atoms with Gasteiger partial charge in [0.1, 0.15) is 13.2 Å². The molecule has 0 unspecified atom stereocenters. The molecule has 1 heterocycles. The highest BCUT2D eigenvalue weighted by Gasteiger charge is 2.21. The number of hydrogen-bond donors (Lipinski definition) is 3. The van der Waals surface area contributed by atoms with Crippen molar-refractivity contribution >= 4 is 27.5 Å². The SMILES string of the molecule is NC(=O)CNC(=O)c1ccccc1NS(=O)(=O)c1ccc2c(c1)OCCO2. The van der Waals surface area contributed by atoms with E-state index in [2.05, 4.69) is 10.0 Å². The second-order valence-electron chi connectivity index (χ2n) is 5.61. The zero-order chi connectivity index (χ0) is 19.4. The summed E-state index contributed by atoms with van der Waals surface area (Å²) in [5, 5.41) is 2.32. The molecule has 0 fully saturated rings. The van der Waals surface area contributed by atoms with Crippen LogP contribution in [0.15, 0.2) is 47.4 Å². The van der Waals surface area contributed by atoms with E-state index >= 15 is 0 Å². The normalized spacial score (nSPS) is 12.9. The molecular formula is C17H17N3O6S. The Bertz CT molecular complexity index is 990. The lowest BCUT2D eigenvalue weighted by Gasteiger charge is -2.19. The van der Waals surface area contributed by atoms with Crippen LogP contribution in [0.4, 0.5) is 5.69 Å². The van der Waals surface area contributed by atoms with Gasteiger partial charge in [0.05, 0.1) is 22.7 Å². The number of carbonyl (C=O) groups is 2. The molecule has 1 aliphatic rings. The Hall–Kier alpha value is -3.27. The number of primary amides is 1. The topological polar surface area (TPSA) is 137 Å². The van der Waals surface area contributed by atoms with Crippen LogP contribution in [0.25, 0.3) is 0 Å². The molecule has 0 aromatic heterocycles. The summed E-state index contributed by atoms with van der Waals surface area (Å²) in [5.74, 6) is -0.546. The summed E-state index contributed by atoms with van der Waals surface area (Å²) in [6, 6.07) is 10.3. The highest BCUT2D eigenvalue weighted by atomic mass is 32.2. The monoisotopic (exact) mass is 391 g/mol. The molecule has 9 nitrogen and oxygen atoms in total. The molecule has 4 N–H and O–H groups in total. The zero-order valence-corrected chi connectivity index (χ0v) is 14.9. The summed E-state index contributed by atoms with van der Waals surface area (Å²) in [6.45, 7) is 0.361. The molecule has 2 aromatic carbocycles. The Labute approximate surface area is 155 Å². The molecule has 0 saturated carbocycles. The minimum atomic E-state index is -3.99. The summed E-state index contributed by atoms with van der Waals surface area (Å²) in [6.07, 6.45) is 0. The van der Waals surface area contributed by atoms with E-state index in [1.165, 1.54) is 30.3 Å². The second-order valence-corrected chi connectivity index (χ2v) is 7.29. The van der Waals surface area contributed by atoms with Crippen molar-refractivity contribution in [3.05, 3.63) is 48.0 Å². The highest BCUT2D eigenvalue weighted by Crippen LogP contribution is 2.33. The van der Waals surface area contributed by atoms with E-state index in [0.29, 0.717) is 24.7 Å². The number of carbonyl (C=O) groups excluding carboxylic acids is 2. The van der Waals surface area contributed by atoms with Crippen molar-refractivity contribution in [1.82, 2.24) is 5.32 Å². The molecular weight excluding hydrogens is 374 g/mol. The molecule has 0 bridgehead atoms. The van der Waals surface area contributed by atoms with Gasteiger partial charge in [-0.3, -0.25) is 14.3 Å². The van der Waals surface area contributed by atoms with Crippen molar-refractivity contribution in [3.63, 3.8) is 0 Å². The molecule has 0 aliphatic carbocycles. The standard InChI is InChI=1S/C17H17N3O6S/c18-16(21)10-19-17(22)12-3-1-2-4-13(12)20-27(23,24)11-5-6-14-15(9-11)26-8-7-25-14/h1-6,9,20H,7-8,10H2,(H2,18,21)(H,19,22). The lowest BCUT2D eigenvalue weighted by atomic mass is 10.1. The largest absolute Gasteiger partial charge is 0.486 e. The molecule has 1 aliphatic heterocycles. The molecule has 3 rings (SSSR count). The maximum Gasteiger partial charge on any atom is 0.262 e. The van der Waals surface area contributed by atoms with Gasteiger partial charge in [-0.05, 0) is 24.3 Å². The van der Waals surface area contributed by atoms with Gasteiger partial charge in [-0.15, -0.1) is 0 Å². The van der Waals surface area contributed by atoms with Crippen molar-refractivity contribution in [2.75, 3.05) is 24.5 Å². The molecule has 2 amide bonds. The molecule has 0 atom stereocenters. The third kappa shape index (κ3) is 4.29. The quantitative estimate of drug-likeness (QED) is 0.655. The lowest BCUT2D eigenvalue weighted by molar-refractivity contribution is -0.117. The first kappa shape index (κ1) is 18.5. The summed E-state index contributed by atoms with van der Waals surface area (Å²) >= 11 is 0. The van der Waals surface area contributed by atoms with Crippen LogP contribution in [-0.2, 0) is 14.8 Å². The first-order valence-corrected chi connectivity index (χ1v) is 9.43. The molecule has 142 valence electrons. The third-order valence-electron chi connectivity index (χ3n) is 3.66. The van der Waals surface area contributed by atoms with Gasteiger partial charge < -0.3 is 20.5 Å². The van der Waals surface area contributed by atoms with Crippen molar-refractivity contribution in [3.8, 4) is 11.5 Å². The summed E-state index contributed by atoms with van der Waals surface area (Å²) in [4.78, 5) is 23.0. The number of para-hydroxylation sites is 1. The van der Waals surface area contributed by atoms with Gasteiger partial charge in [0.25, 0.3) is 15.9 Å². The number of nitrogens with one attached hydrogen (secondary N) is 2. The smallest absolute Gasteiger partial charge is 0.262 e. The first-order valence-electron chi connectivity index (χ1n) is 7.95. The van der Waals surface area contributed by atoms with Crippen molar-refractivity contribution in [1.29, 1.82) is 0 Å². The Kier molecular flexibility index (Phi) is 5.17. The highest BCUT2D eigenvalue weighted by molar-refractivity contribution is 7.92. The van der Waals surface area contributed by atoms with E-state index in [4.69, 9.17) is 15.2 Å². The first-order chi connectivity index (χ1) is 12.9. The van der Waals surface area contributed by atoms with E-state index < -0.39 is 21.8 Å². The second kappa shape index (κ2) is 7.54.